The third-order valence-electron chi connectivity index (χ3n) is 4.88. The highest BCUT2D eigenvalue weighted by Crippen LogP contribution is 2.63. The average molecular weight is 322 g/mol. The van der Waals surface area contributed by atoms with Crippen LogP contribution in [0, 0.1) is 5.41 Å². The summed E-state index contributed by atoms with van der Waals surface area (Å²) < 4.78 is 10.9. The zero-order valence-corrected chi connectivity index (χ0v) is 13.4. The first-order valence-electron chi connectivity index (χ1n) is 7.50. The van der Waals surface area contributed by atoms with Crippen molar-refractivity contribution in [2.45, 2.75) is 25.2 Å². The molecule has 5 nitrogen and oxygen atoms in total. The van der Waals surface area contributed by atoms with E-state index in [9.17, 15) is 0 Å². The molecule has 2 aliphatic rings. The van der Waals surface area contributed by atoms with Crippen molar-refractivity contribution in [2.24, 2.45) is 5.41 Å². The van der Waals surface area contributed by atoms with Crippen molar-refractivity contribution in [2.75, 3.05) is 20.2 Å². The number of ether oxygens (including phenoxy) is 1. The Morgan fingerprint density at radius 1 is 1.27 bits per heavy atom. The van der Waals surface area contributed by atoms with E-state index in [4.69, 9.17) is 9.26 Å². The molecule has 6 heteroatoms. The molecule has 1 spiro atoms. The largest absolute Gasteiger partial charge is 0.496 e. The minimum Gasteiger partial charge on any atom is -0.496 e. The maximum atomic E-state index is 5.53. The lowest BCUT2D eigenvalue weighted by molar-refractivity contribution is 0.311. The number of halogens is 1. The third kappa shape index (κ3) is 2.48. The van der Waals surface area contributed by atoms with Gasteiger partial charge in [-0.1, -0.05) is 17.3 Å². The van der Waals surface area contributed by atoms with Crippen LogP contribution in [0.3, 0.4) is 0 Å². The number of benzene rings is 1. The molecule has 4 rings (SSSR count). The molecule has 1 aliphatic heterocycles. The second kappa shape index (κ2) is 5.89. The highest BCUT2D eigenvalue weighted by atomic mass is 35.5. The van der Waals surface area contributed by atoms with Crippen molar-refractivity contribution in [1.82, 2.24) is 15.5 Å². The van der Waals surface area contributed by atoms with Crippen LogP contribution in [0.4, 0.5) is 0 Å². The van der Waals surface area contributed by atoms with E-state index in [1.54, 1.807) is 7.11 Å². The number of hydrogen-bond acceptors (Lipinski definition) is 5. The van der Waals surface area contributed by atoms with Crippen molar-refractivity contribution < 1.29 is 9.26 Å². The fraction of sp³-hybridized carbons (Fsp3) is 0.500. The molecule has 2 aromatic rings. The summed E-state index contributed by atoms with van der Waals surface area (Å²) in [4.78, 5) is 4.62. The first kappa shape index (κ1) is 15.3. The molecule has 2 fully saturated rings. The summed E-state index contributed by atoms with van der Waals surface area (Å²) in [7, 11) is 1.66. The van der Waals surface area contributed by atoms with Gasteiger partial charge in [0.15, 0.2) is 0 Å². The van der Waals surface area contributed by atoms with Crippen LogP contribution in [0.1, 0.15) is 31.1 Å². The lowest BCUT2D eigenvalue weighted by atomic mass is 9.92. The Bertz CT molecular complexity index is 652. The molecule has 118 valence electrons. The zero-order chi connectivity index (χ0) is 14.3. The van der Waals surface area contributed by atoms with Gasteiger partial charge < -0.3 is 14.6 Å². The van der Waals surface area contributed by atoms with Crippen LogP contribution < -0.4 is 10.1 Å². The molecule has 2 heterocycles. The number of para-hydroxylation sites is 1. The summed E-state index contributed by atoms with van der Waals surface area (Å²) in [6.07, 6.45) is 3.61. The van der Waals surface area contributed by atoms with Gasteiger partial charge in [0.25, 0.3) is 0 Å². The van der Waals surface area contributed by atoms with Gasteiger partial charge in [-0.15, -0.1) is 12.4 Å². The van der Waals surface area contributed by atoms with E-state index >= 15 is 0 Å². The molecule has 1 unspecified atom stereocenters. The summed E-state index contributed by atoms with van der Waals surface area (Å²) in [5.74, 6) is 2.63. The van der Waals surface area contributed by atoms with E-state index in [1.165, 1.54) is 19.3 Å². The van der Waals surface area contributed by atoms with Gasteiger partial charge in [0, 0.05) is 5.92 Å². The van der Waals surface area contributed by atoms with E-state index in [0.717, 1.165) is 30.3 Å². The second-order valence-corrected chi connectivity index (χ2v) is 6.03. The molecule has 0 radical (unpaired) electrons. The molecule has 1 saturated carbocycles. The van der Waals surface area contributed by atoms with Gasteiger partial charge in [-0.2, -0.15) is 4.98 Å². The Hall–Kier alpha value is -1.59. The molecular weight excluding hydrogens is 302 g/mol. The van der Waals surface area contributed by atoms with E-state index < -0.39 is 0 Å². The number of rotatable bonds is 3. The normalized spacial score (nSPS) is 22.1. The predicted octanol–water partition coefficient (Wildman–Crippen LogP) is 3.02. The van der Waals surface area contributed by atoms with Crippen LogP contribution in [0.25, 0.3) is 11.4 Å². The van der Waals surface area contributed by atoms with Crippen LogP contribution in [0.5, 0.6) is 5.75 Å². The zero-order valence-electron chi connectivity index (χ0n) is 12.5. The number of nitrogens with zero attached hydrogens (tertiary/aromatic N) is 2. The van der Waals surface area contributed by atoms with E-state index in [2.05, 4.69) is 15.5 Å². The van der Waals surface area contributed by atoms with Crippen LogP contribution in [-0.4, -0.2) is 30.3 Å². The van der Waals surface area contributed by atoms with Crippen molar-refractivity contribution in [3.63, 3.8) is 0 Å². The van der Waals surface area contributed by atoms with E-state index in [1.807, 2.05) is 24.3 Å². The number of nitrogens with one attached hydrogen (secondary N) is 1. The van der Waals surface area contributed by atoms with Crippen molar-refractivity contribution in [3.8, 4) is 17.1 Å². The fourth-order valence-corrected chi connectivity index (χ4v) is 3.49. The summed E-state index contributed by atoms with van der Waals surface area (Å²) >= 11 is 0. The Balaban J connectivity index is 0.00000144. The number of methoxy groups -OCH3 is 1. The quantitative estimate of drug-likeness (QED) is 0.941. The minimum absolute atomic E-state index is 0. The lowest BCUT2D eigenvalue weighted by Gasteiger charge is -2.22. The first-order valence-corrected chi connectivity index (χ1v) is 7.50. The van der Waals surface area contributed by atoms with Gasteiger partial charge in [-0.05, 0) is 49.9 Å². The van der Waals surface area contributed by atoms with Gasteiger partial charge in [0.05, 0.1) is 12.7 Å². The molecule has 0 amide bonds. The van der Waals surface area contributed by atoms with Crippen molar-refractivity contribution in [1.29, 1.82) is 0 Å². The third-order valence-corrected chi connectivity index (χ3v) is 4.88. The Morgan fingerprint density at radius 3 is 2.82 bits per heavy atom. The Labute approximate surface area is 135 Å². The molecule has 0 bridgehead atoms. The maximum Gasteiger partial charge on any atom is 0.230 e. The summed E-state index contributed by atoms with van der Waals surface area (Å²) in [5.41, 5.74) is 1.30. The molecule has 1 aromatic carbocycles. The van der Waals surface area contributed by atoms with Gasteiger partial charge >= 0.3 is 0 Å². The van der Waals surface area contributed by atoms with Gasteiger partial charge in [-0.3, -0.25) is 0 Å². The second-order valence-electron chi connectivity index (χ2n) is 6.03. The number of piperidine rings is 1. The van der Waals surface area contributed by atoms with Crippen LogP contribution >= 0.6 is 12.4 Å². The fourth-order valence-electron chi connectivity index (χ4n) is 3.49. The standard InChI is InChI=1S/C16H19N3O2.ClH/c1-20-13-5-3-2-4-11(13)14-18-15(21-19-14)12-10-16(12)6-8-17-9-7-16;/h2-5,12,17H,6-10H2,1H3;1H. The maximum absolute atomic E-state index is 5.53. The molecule has 1 atom stereocenters. The highest BCUT2D eigenvalue weighted by Gasteiger charge is 2.57. The van der Waals surface area contributed by atoms with Crippen LogP contribution in [0.15, 0.2) is 28.8 Å². The number of hydrogen-bond donors (Lipinski definition) is 1. The van der Waals surface area contributed by atoms with Crippen LogP contribution in [0.2, 0.25) is 0 Å². The molecule has 1 aliphatic carbocycles. The topological polar surface area (TPSA) is 60.2 Å². The minimum atomic E-state index is 0. The Morgan fingerprint density at radius 2 is 2.05 bits per heavy atom. The van der Waals surface area contributed by atoms with Crippen molar-refractivity contribution >= 4 is 12.4 Å². The molecule has 1 saturated heterocycles. The molecule has 22 heavy (non-hydrogen) atoms. The number of aromatic nitrogens is 2. The Kier molecular flexibility index (Phi) is 4.10. The summed E-state index contributed by atoms with van der Waals surface area (Å²) in [6, 6.07) is 7.77. The summed E-state index contributed by atoms with van der Waals surface area (Å²) in [6.45, 7) is 2.20. The smallest absolute Gasteiger partial charge is 0.230 e. The van der Waals surface area contributed by atoms with E-state index in [-0.39, 0.29) is 12.4 Å². The molecular formula is C16H20ClN3O2. The molecule has 1 aromatic heterocycles. The molecule has 1 N–H and O–H groups in total. The monoisotopic (exact) mass is 321 g/mol. The van der Waals surface area contributed by atoms with Gasteiger partial charge in [0.2, 0.25) is 11.7 Å². The first-order chi connectivity index (χ1) is 10.3. The average Bonchev–Trinajstić information content (AvgIpc) is 3.01. The lowest BCUT2D eigenvalue weighted by Crippen LogP contribution is -2.29. The SMILES string of the molecule is COc1ccccc1-c1noc(C2CC23CCNCC3)n1.Cl. The van der Waals surface area contributed by atoms with Crippen LogP contribution in [-0.2, 0) is 0 Å². The van der Waals surface area contributed by atoms with Gasteiger partial charge in [-0.25, -0.2) is 0 Å². The van der Waals surface area contributed by atoms with Gasteiger partial charge in [0.1, 0.15) is 5.75 Å². The highest BCUT2D eigenvalue weighted by molar-refractivity contribution is 5.85. The van der Waals surface area contributed by atoms with E-state index in [0.29, 0.717) is 17.2 Å². The predicted molar refractivity (Wildman–Crippen MR) is 85.4 cm³/mol. The van der Waals surface area contributed by atoms with Crippen molar-refractivity contribution in [3.05, 3.63) is 30.2 Å². The summed E-state index contributed by atoms with van der Waals surface area (Å²) in [5, 5.41) is 7.57.